The number of aliphatic hydroxyl groups is 1. The molecule has 2 N–H and O–H groups in total. The molecule has 3 heterocycles. The van der Waals surface area contributed by atoms with E-state index in [1.54, 1.807) is 36.4 Å². The molecule has 206 valence electrons. The average Bonchev–Trinajstić information content (AvgIpc) is 3.69. The number of amides is 1. The van der Waals surface area contributed by atoms with E-state index in [1.807, 2.05) is 24.3 Å². The van der Waals surface area contributed by atoms with Gasteiger partial charge in [0.05, 0.1) is 18.7 Å². The number of hydrogen-bond donors (Lipinski definition) is 2. The summed E-state index contributed by atoms with van der Waals surface area (Å²) in [7, 11) is 1.39. The van der Waals surface area contributed by atoms with Gasteiger partial charge >= 0.3 is 0 Å². The summed E-state index contributed by atoms with van der Waals surface area (Å²) < 4.78 is 11.6. The minimum absolute atomic E-state index is 0.0357. The normalized spacial score (nSPS) is 15.2. The number of furan rings is 1. The third-order valence-electron chi connectivity index (χ3n) is 6.53. The van der Waals surface area contributed by atoms with Crippen LogP contribution in [-0.4, -0.2) is 39.2 Å². The van der Waals surface area contributed by atoms with Crippen LogP contribution in [0.1, 0.15) is 27.7 Å². The highest BCUT2D eigenvalue weighted by Crippen LogP contribution is 2.45. The van der Waals surface area contributed by atoms with E-state index < -0.39 is 23.5 Å². The molecule has 0 saturated heterocycles. The molecule has 5 aromatic rings. The number of nitrogens with zero attached hydrogens (tertiary/aromatic N) is 3. The van der Waals surface area contributed by atoms with Crippen LogP contribution in [0.15, 0.2) is 92.9 Å². The first kappa shape index (κ1) is 26.9. The van der Waals surface area contributed by atoms with Crippen LogP contribution in [-0.2, 0) is 10.5 Å². The van der Waals surface area contributed by atoms with Gasteiger partial charge < -0.3 is 19.4 Å². The Kier molecular flexibility index (Phi) is 7.16. The molecule has 6 rings (SSSR count). The summed E-state index contributed by atoms with van der Waals surface area (Å²) in [6, 6.07) is 19.4. The van der Waals surface area contributed by atoms with Crippen LogP contribution in [0.3, 0.4) is 0 Å². The lowest BCUT2D eigenvalue weighted by atomic mass is 9.95. The summed E-state index contributed by atoms with van der Waals surface area (Å²) in [6.45, 7) is 0. The molecule has 41 heavy (non-hydrogen) atoms. The van der Waals surface area contributed by atoms with E-state index in [0.717, 1.165) is 16.9 Å². The maximum absolute atomic E-state index is 13.8. The number of hydrogen-bond acceptors (Lipinski definition) is 10. The summed E-state index contributed by atoms with van der Waals surface area (Å²) >= 11 is 8.81. The third kappa shape index (κ3) is 4.92. The van der Waals surface area contributed by atoms with Crippen LogP contribution in [0.25, 0.3) is 11.0 Å². The number of aromatic nitrogens is 2. The Morgan fingerprint density at radius 3 is 2.66 bits per heavy atom. The molecule has 1 unspecified atom stereocenters. The summed E-state index contributed by atoms with van der Waals surface area (Å²) in [5, 5.41) is 31.2. The number of fused-ring (bicyclic) bond motifs is 1. The molecule has 2 aromatic heterocycles. The lowest BCUT2D eigenvalue weighted by molar-refractivity contribution is -0.117. The Labute approximate surface area is 246 Å². The smallest absolute Gasteiger partial charge is 0.296 e. The minimum atomic E-state index is -1.10. The Morgan fingerprint density at radius 1 is 1.10 bits per heavy atom. The third-order valence-corrected chi connectivity index (χ3v) is 9.01. The molecule has 1 amide bonds. The molecule has 0 aliphatic carbocycles. The SMILES string of the molecule is COc1cc(C2C(C(=O)c3cc4ccccc4o3)=C(O)C(=O)N2c2nnc(SCc3ccccc3Cl)s2)ccc1O. The van der Waals surface area contributed by atoms with E-state index in [4.69, 9.17) is 20.8 Å². The van der Waals surface area contributed by atoms with E-state index in [2.05, 4.69) is 10.2 Å². The summed E-state index contributed by atoms with van der Waals surface area (Å²) in [6.07, 6.45) is 0. The second kappa shape index (κ2) is 10.9. The van der Waals surface area contributed by atoms with Gasteiger partial charge in [-0.15, -0.1) is 10.2 Å². The van der Waals surface area contributed by atoms with Crippen molar-refractivity contribution < 1.29 is 29.0 Å². The van der Waals surface area contributed by atoms with Gasteiger partial charge in [0.15, 0.2) is 27.4 Å². The predicted octanol–water partition coefficient (Wildman–Crippen LogP) is 6.73. The van der Waals surface area contributed by atoms with Crippen LogP contribution in [0.4, 0.5) is 5.13 Å². The van der Waals surface area contributed by atoms with Gasteiger partial charge in [0.25, 0.3) is 5.91 Å². The molecule has 1 aliphatic heterocycles. The number of thioether (sulfide) groups is 1. The van der Waals surface area contributed by atoms with Crippen molar-refractivity contribution in [3.63, 3.8) is 0 Å². The number of halogens is 1. The zero-order valence-electron chi connectivity index (χ0n) is 21.3. The number of rotatable bonds is 8. The molecule has 0 bridgehead atoms. The molecule has 1 aliphatic rings. The fraction of sp³-hybridized carbons (Fsp3) is 0.103. The number of aliphatic hydroxyl groups excluding tert-OH is 1. The highest BCUT2D eigenvalue weighted by Gasteiger charge is 2.47. The van der Waals surface area contributed by atoms with Gasteiger partial charge in [-0.1, -0.05) is 77.2 Å². The number of phenols is 1. The zero-order chi connectivity index (χ0) is 28.7. The fourth-order valence-electron chi connectivity index (χ4n) is 4.55. The lowest BCUT2D eigenvalue weighted by Crippen LogP contribution is -2.31. The number of Topliss-reactive ketones (excluding diaryl/α,β-unsaturated/α-hetero) is 1. The number of benzene rings is 3. The average molecular weight is 606 g/mol. The van der Waals surface area contributed by atoms with Crippen molar-refractivity contribution in [1.29, 1.82) is 0 Å². The van der Waals surface area contributed by atoms with E-state index in [1.165, 1.54) is 35.9 Å². The van der Waals surface area contributed by atoms with Crippen molar-refractivity contribution in [2.75, 3.05) is 12.0 Å². The standard InChI is InChI=1S/C29H20ClN3O6S2/c1-38-21-13-16(10-11-19(21)34)24-23(25(35)22-12-15-6-3-5-9-20(15)39-22)26(36)27(37)33(24)28-31-32-29(41-28)40-14-17-7-2-4-8-18(17)30/h2-13,24,34,36H,14H2,1H3. The molecule has 1 atom stereocenters. The van der Waals surface area contributed by atoms with Gasteiger partial charge in [0, 0.05) is 16.2 Å². The number of methoxy groups -OCH3 is 1. The van der Waals surface area contributed by atoms with E-state index >= 15 is 0 Å². The van der Waals surface area contributed by atoms with Gasteiger partial charge in [-0.25, -0.2) is 0 Å². The van der Waals surface area contributed by atoms with Gasteiger partial charge in [0.2, 0.25) is 10.9 Å². The second-order valence-electron chi connectivity index (χ2n) is 8.98. The summed E-state index contributed by atoms with van der Waals surface area (Å²) in [5.74, 6) is -1.71. The number of ether oxygens (including phenoxy) is 1. The molecule has 3 aromatic carbocycles. The molecular weight excluding hydrogens is 586 g/mol. The van der Waals surface area contributed by atoms with Crippen LogP contribution in [0.2, 0.25) is 5.02 Å². The van der Waals surface area contributed by atoms with Crippen molar-refractivity contribution >= 4 is 62.5 Å². The van der Waals surface area contributed by atoms with Crippen molar-refractivity contribution in [2.45, 2.75) is 16.1 Å². The minimum Gasteiger partial charge on any atom is -0.504 e. The van der Waals surface area contributed by atoms with Crippen LogP contribution >= 0.6 is 34.7 Å². The summed E-state index contributed by atoms with van der Waals surface area (Å²) in [4.78, 5) is 28.6. The Hall–Kier alpha value is -4.32. The van der Waals surface area contributed by atoms with Crippen LogP contribution in [0, 0.1) is 0 Å². The number of anilines is 1. The number of ketones is 1. The molecule has 9 nitrogen and oxygen atoms in total. The number of aromatic hydroxyl groups is 1. The zero-order valence-corrected chi connectivity index (χ0v) is 23.7. The number of phenolic OH excluding ortho intramolecular Hbond substituents is 1. The van der Waals surface area contributed by atoms with Crippen LogP contribution < -0.4 is 9.64 Å². The highest BCUT2D eigenvalue weighted by molar-refractivity contribution is 8.00. The number of carbonyl (C=O) groups excluding carboxylic acids is 2. The van der Waals surface area contributed by atoms with Gasteiger partial charge in [-0.2, -0.15) is 0 Å². The maximum Gasteiger partial charge on any atom is 0.296 e. The van der Waals surface area contributed by atoms with E-state index in [-0.39, 0.29) is 28.0 Å². The molecule has 12 heteroatoms. The van der Waals surface area contributed by atoms with Crippen molar-refractivity contribution in [2.24, 2.45) is 0 Å². The first-order chi connectivity index (χ1) is 19.9. The van der Waals surface area contributed by atoms with Crippen molar-refractivity contribution in [1.82, 2.24) is 10.2 Å². The lowest BCUT2D eigenvalue weighted by Gasteiger charge is -2.24. The van der Waals surface area contributed by atoms with E-state index in [9.17, 15) is 19.8 Å². The van der Waals surface area contributed by atoms with Gasteiger partial charge in [-0.3, -0.25) is 14.5 Å². The largest absolute Gasteiger partial charge is 0.504 e. The van der Waals surface area contributed by atoms with Crippen molar-refractivity contribution in [3.8, 4) is 11.5 Å². The topological polar surface area (TPSA) is 126 Å². The fourth-order valence-corrected chi connectivity index (χ4v) is 6.71. The second-order valence-corrected chi connectivity index (χ2v) is 11.6. The Morgan fingerprint density at radius 2 is 1.88 bits per heavy atom. The Bertz CT molecular complexity index is 1820. The first-order valence-electron chi connectivity index (χ1n) is 12.2. The quantitative estimate of drug-likeness (QED) is 0.112. The number of carbonyl (C=O) groups is 2. The van der Waals surface area contributed by atoms with Gasteiger partial charge in [-0.05, 0) is 41.5 Å². The summed E-state index contributed by atoms with van der Waals surface area (Å²) in [5.41, 5.74) is 1.61. The van der Waals surface area contributed by atoms with Gasteiger partial charge in [0.1, 0.15) is 5.58 Å². The monoisotopic (exact) mass is 605 g/mol. The van der Waals surface area contributed by atoms with Crippen molar-refractivity contribution in [3.05, 3.63) is 106 Å². The molecule has 0 saturated carbocycles. The highest BCUT2D eigenvalue weighted by atomic mass is 35.5. The predicted molar refractivity (Wildman–Crippen MR) is 156 cm³/mol. The molecule has 0 spiro atoms. The molecule has 0 fully saturated rings. The molecule has 0 radical (unpaired) electrons. The van der Waals surface area contributed by atoms with E-state index in [0.29, 0.717) is 31.6 Å². The Balaban J connectivity index is 1.39. The molecular formula is C29H20ClN3O6S2. The number of para-hydroxylation sites is 1. The maximum atomic E-state index is 13.8. The first-order valence-corrected chi connectivity index (χ1v) is 14.4. The van der Waals surface area contributed by atoms with Crippen LogP contribution in [0.5, 0.6) is 11.5 Å².